The second kappa shape index (κ2) is 7.48. The van der Waals surface area contributed by atoms with E-state index >= 15 is 0 Å². The molecule has 4 heteroatoms. The van der Waals surface area contributed by atoms with Gasteiger partial charge in [-0.25, -0.2) is 0 Å². The molecule has 98 valence electrons. The molecule has 4 nitrogen and oxygen atoms in total. The molecule has 0 aliphatic carbocycles. The van der Waals surface area contributed by atoms with Gasteiger partial charge in [-0.05, 0) is 25.8 Å². The second-order valence-electron chi connectivity index (χ2n) is 4.17. The van der Waals surface area contributed by atoms with Gasteiger partial charge in [-0.1, -0.05) is 30.3 Å². The number of rotatable bonds is 6. The molecule has 0 aromatic heterocycles. The summed E-state index contributed by atoms with van der Waals surface area (Å²) in [6, 6.07) is 9.34. The first kappa shape index (κ1) is 14.2. The van der Waals surface area contributed by atoms with Gasteiger partial charge in [0.15, 0.2) is 0 Å². The molecular formula is C14H20N2O2. The molecule has 0 bridgehead atoms. The molecule has 0 aliphatic heterocycles. The van der Waals surface area contributed by atoms with E-state index in [0.717, 1.165) is 5.56 Å². The van der Waals surface area contributed by atoms with Crippen molar-refractivity contribution in [1.29, 1.82) is 0 Å². The van der Waals surface area contributed by atoms with Gasteiger partial charge in [-0.2, -0.15) is 0 Å². The summed E-state index contributed by atoms with van der Waals surface area (Å²) in [6.45, 7) is 4.11. The number of aryl methyl sites for hydroxylation is 1. The number of likely N-dealkylation sites (N-methyl/N-ethyl adjacent to an activating group) is 1. The van der Waals surface area contributed by atoms with Crippen LogP contribution in [0.2, 0.25) is 0 Å². The maximum absolute atomic E-state index is 11.6. The molecule has 0 radical (unpaired) electrons. The van der Waals surface area contributed by atoms with Gasteiger partial charge in [-0.3, -0.25) is 9.59 Å². The molecule has 1 aromatic rings. The minimum atomic E-state index is -0.478. The van der Waals surface area contributed by atoms with Crippen LogP contribution in [0.1, 0.15) is 25.8 Å². The van der Waals surface area contributed by atoms with Crippen molar-refractivity contribution in [3.63, 3.8) is 0 Å². The summed E-state index contributed by atoms with van der Waals surface area (Å²) in [7, 11) is 0. The van der Waals surface area contributed by atoms with E-state index in [0.29, 0.717) is 19.4 Å². The van der Waals surface area contributed by atoms with Gasteiger partial charge >= 0.3 is 0 Å². The lowest BCUT2D eigenvalue weighted by Crippen LogP contribution is -2.44. The van der Waals surface area contributed by atoms with Gasteiger partial charge in [-0.15, -0.1) is 0 Å². The average Bonchev–Trinajstić information content (AvgIpc) is 2.38. The van der Waals surface area contributed by atoms with Gasteiger partial charge in [0.05, 0.1) is 0 Å². The zero-order chi connectivity index (χ0) is 13.4. The molecule has 1 aromatic carbocycles. The SMILES string of the molecule is CCNC(=O)[C@H](C)NC(=O)CCc1ccccc1. The van der Waals surface area contributed by atoms with Crippen molar-refractivity contribution < 1.29 is 9.59 Å². The summed E-state index contributed by atoms with van der Waals surface area (Å²) in [5, 5.41) is 5.35. The third-order valence-corrected chi connectivity index (χ3v) is 2.61. The molecule has 0 aliphatic rings. The standard InChI is InChI=1S/C14H20N2O2/c1-3-15-14(18)11(2)16-13(17)10-9-12-7-5-4-6-8-12/h4-8,11H,3,9-10H2,1-2H3,(H,15,18)(H,16,17)/t11-/m0/s1. The zero-order valence-electron chi connectivity index (χ0n) is 10.9. The quantitative estimate of drug-likeness (QED) is 0.796. The number of hydrogen-bond donors (Lipinski definition) is 2. The molecule has 2 N–H and O–H groups in total. The topological polar surface area (TPSA) is 58.2 Å². The van der Waals surface area contributed by atoms with Crippen molar-refractivity contribution >= 4 is 11.8 Å². The van der Waals surface area contributed by atoms with Crippen LogP contribution >= 0.6 is 0 Å². The predicted molar refractivity (Wildman–Crippen MR) is 71.1 cm³/mol. The van der Waals surface area contributed by atoms with Crippen LogP contribution in [-0.2, 0) is 16.0 Å². The lowest BCUT2D eigenvalue weighted by atomic mass is 10.1. The van der Waals surface area contributed by atoms with Crippen LogP contribution in [0.15, 0.2) is 30.3 Å². The van der Waals surface area contributed by atoms with Crippen molar-refractivity contribution in [3.8, 4) is 0 Å². The Hall–Kier alpha value is -1.84. The van der Waals surface area contributed by atoms with E-state index in [-0.39, 0.29) is 11.8 Å². The molecule has 0 heterocycles. The lowest BCUT2D eigenvalue weighted by Gasteiger charge is -2.13. The minimum Gasteiger partial charge on any atom is -0.355 e. The maximum Gasteiger partial charge on any atom is 0.242 e. The van der Waals surface area contributed by atoms with Crippen molar-refractivity contribution in [1.82, 2.24) is 10.6 Å². The van der Waals surface area contributed by atoms with E-state index in [1.165, 1.54) is 0 Å². The minimum absolute atomic E-state index is 0.0994. The molecule has 0 spiro atoms. The van der Waals surface area contributed by atoms with E-state index in [2.05, 4.69) is 10.6 Å². The number of nitrogens with one attached hydrogen (secondary N) is 2. The van der Waals surface area contributed by atoms with E-state index in [9.17, 15) is 9.59 Å². The highest BCUT2D eigenvalue weighted by Gasteiger charge is 2.14. The molecular weight excluding hydrogens is 228 g/mol. The van der Waals surface area contributed by atoms with E-state index in [4.69, 9.17) is 0 Å². The molecule has 2 amide bonds. The Morgan fingerprint density at radius 2 is 1.89 bits per heavy atom. The second-order valence-corrected chi connectivity index (χ2v) is 4.17. The smallest absolute Gasteiger partial charge is 0.242 e. The summed E-state index contributed by atoms with van der Waals surface area (Å²) < 4.78 is 0. The van der Waals surface area contributed by atoms with Crippen molar-refractivity contribution in [2.45, 2.75) is 32.7 Å². The molecule has 1 atom stereocenters. The Balaban J connectivity index is 2.31. The number of carbonyl (C=O) groups excluding carboxylic acids is 2. The van der Waals surface area contributed by atoms with Gasteiger partial charge < -0.3 is 10.6 Å². The Kier molecular flexibility index (Phi) is 5.91. The largest absolute Gasteiger partial charge is 0.355 e. The van der Waals surface area contributed by atoms with Crippen LogP contribution in [0.4, 0.5) is 0 Å². The molecule has 0 saturated heterocycles. The maximum atomic E-state index is 11.6. The normalized spacial score (nSPS) is 11.7. The predicted octanol–water partition coefficient (Wildman–Crippen LogP) is 1.26. The number of hydrogen-bond acceptors (Lipinski definition) is 2. The van der Waals surface area contributed by atoms with Crippen LogP contribution in [0.3, 0.4) is 0 Å². The third kappa shape index (κ3) is 4.99. The van der Waals surface area contributed by atoms with E-state index in [1.807, 2.05) is 37.3 Å². The van der Waals surface area contributed by atoms with Gasteiger partial charge in [0.2, 0.25) is 11.8 Å². The zero-order valence-corrected chi connectivity index (χ0v) is 10.9. The third-order valence-electron chi connectivity index (χ3n) is 2.61. The van der Waals surface area contributed by atoms with Crippen molar-refractivity contribution in [2.24, 2.45) is 0 Å². The fourth-order valence-electron chi connectivity index (χ4n) is 1.61. The molecule has 0 fully saturated rings. The van der Waals surface area contributed by atoms with Crippen LogP contribution in [-0.4, -0.2) is 24.4 Å². The Labute approximate surface area is 108 Å². The summed E-state index contributed by atoms with van der Waals surface area (Å²) in [5.74, 6) is -0.247. The Bertz CT molecular complexity index is 390. The van der Waals surface area contributed by atoms with Crippen LogP contribution in [0, 0.1) is 0 Å². The monoisotopic (exact) mass is 248 g/mol. The van der Waals surface area contributed by atoms with Gasteiger partial charge in [0.25, 0.3) is 0 Å². The van der Waals surface area contributed by atoms with Crippen LogP contribution < -0.4 is 10.6 Å². The summed E-state index contributed by atoms with van der Waals surface area (Å²) >= 11 is 0. The first-order chi connectivity index (χ1) is 8.63. The fourth-order valence-corrected chi connectivity index (χ4v) is 1.61. The first-order valence-corrected chi connectivity index (χ1v) is 6.24. The summed E-state index contributed by atoms with van der Waals surface area (Å²) in [5.41, 5.74) is 1.12. The molecule has 18 heavy (non-hydrogen) atoms. The Morgan fingerprint density at radius 1 is 1.22 bits per heavy atom. The van der Waals surface area contributed by atoms with Crippen molar-refractivity contribution in [2.75, 3.05) is 6.54 Å². The van der Waals surface area contributed by atoms with Crippen molar-refractivity contribution in [3.05, 3.63) is 35.9 Å². The fraction of sp³-hybridized carbons (Fsp3) is 0.429. The summed E-state index contributed by atoms with van der Waals surface area (Å²) in [4.78, 5) is 23.1. The Morgan fingerprint density at radius 3 is 2.50 bits per heavy atom. The average molecular weight is 248 g/mol. The molecule has 1 rings (SSSR count). The highest BCUT2D eigenvalue weighted by Crippen LogP contribution is 2.02. The molecule has 0 saturated carbocycles. The van der Waals surface area contributed by atoms with Gasteiger partial charge in [0.1, 0.15) is 6.04 Å². The van der Waals surface area contributed by atoms with Gasteiger partial charge in [0, 0.05) is 13.0 Å². The van der Waals surface area contributed by atoms with Crippen LogP contribution in [0.5, 0.6) is 0 Å². The van der Waals surface area contributed by atoms with E-state index < -0.39 is 6.04 Å². The number of carbonyl (C=O) groups is 2. The number of amides is 2. The van der Waals surface area contributed by atoms with Crippen LogP contribution in [0.25, 0.3) is 0 Å². The summed E-state index contributed by atoms with van der Waals surface area (Å²) in [6.07, 6.45) is 1.09. The first-order valence-electron chi connectivity index (χ1n) is 6.24. The molecule has 0 unspecified atom stereocenters. The highest BCUT2D eigenvalue weighted by molar-refractivity contribution is 5.87. The number of benzene rings is 1. The van der Waals surface area contributed by atoms with E-state index in [1.54, 1.807) is 6.92 Å². The highest BCUT2D eigenvalue weighted by atomic mass is 16.2. The lowest BCUT2D eigenvalue weighted by molar-refractivity contribution is -0.128.